The van der Waals surface area contributed by atoms with Crippen LogP contribution >= 0.6 is 27.3 Å². The Morgan fingerprint density at radius 2 is 1.52 bits per heavy atom. The van der Waals surface area contributed by atoms with Crippen LogP contribution in [-0.4, -0.2) is 21.3 Å². The number of rotatable bonds is 5. The van der Waals surface area contributed by atoms with Gasteiger partial charge in [-0.25, -0.2) is 0 Å². The number of hydrogen-bond acceptors (Lipinski definition) is 4. The second kappa shape index (κ2) is 6.71. The largest absolute Gasteiger partial charge is 0.493 e. The molecule has 5 heteroatoms. The maximum atomic E-state index is 5.42. The van der Waals surface area contributed by atoms with Crippen LogP contribution < -0.4 is 14.2 Å². The molecule has 21 heavy (non-hydrogen) atoms. The lowest BCUT2D eigenvalue weighted by atomic mass is 10.0. The zero-order valence-corrected chi connectivity index (χ0v) is 15.2. The number of methoxy groups -OCH3 is 3. The Labute approximate surface area is 138 Å². The fraction of sp³-hybridized carbons (Fsp3) is 0.375. The molecule has 1 atom stereocenters. The molecular weight excluding hydrogens is 352 g/mol. The number of alkyl halides is 1. The van der Waals surface area contributed by atoms with E-state index in [2.05, 4.69) is 35.8 Å². The van der Waals surface area contributed by atoms with Crippen molar-refractivity contribution in [3.63, 3.8) is 0 Å². The number of aryl methyl sites for hydroxylation is 2. The monoisotopic (exact) mass is 370 g/mol. The molecule has 1 unspecified atom stereocenters. The topological polar surface area (TPSA) is 27.7 Å². The van der Waals surface area contributed by atoms with Gasteiger partial charge in [0.25, 0.3) is 0 Å². The molecule has 0 bridgehead atoms. The van der Waals surface area contributed by atoms with Crippen molar-refractivity contribution in [2.45, 2.75) is 18.7 Å². The standard InChI is InChI=1S/C16H19BrO3S/c1-9-6-12(10(2)21-9)15(17)11-7-13(18-3)16(20-5)14(8-11)19-4/h6-8,15H,1-5H3. The first kappa shape index (κ1) is 16.2. The molecule has 1 heterocycles. The molecule has 0 saturated carbocycles. The average Bonchev–Trinajstić information content (AvgIpc) is 2.83. The van der Waals surface area contributed by atoms with E-state index in [1.807, 2.05) is 12.1 Å². The first-order valence-corrected chi connectivity index (χ1v) is 8.26. The molecule has 2 rings (SSSR count). The number of ether oxygens (including phenoxy) is 3. The van der Waals surface area contributed by atoms with Crippen molar-refractivity contribution >= 4 is 27.3 Å². The Morgan fingerprint density at radius 3 is 1.90 bits per heavy atom. The molecule has 1 aromatic heterocycles. The minimum atomic E-state index is 0.0937. The quantitative estimate of drug-likeness (QED) is 0.702. The molecular formula is C16H19BrO3S. The van der Waals surface area contributed by atoms with Crippen LogP contribution in [0.15, 0.2) is 18.2 Å². The summed E-state index contributed by atoms with van der Waals surface area (Å²) in [6, 6.07) is 6.17. The highest BCUT2D eigenvalue weighted by atomic mass is 79.9. The van der Waals surface area contributed by atoms with E-state index in [9.17, 15) is 0 Å². The molecule has 0 aliphatic heterocycles. The van der Waals surface area contributed by atoms with Crippen molar-refractivity contribution in [3.05, 3.63) is 39.1 Å². The first-order chi connectivity index (χ1) is 10.0. The summed E-state index contributed by atoms with van der Waals surface area (Å²) in [5.74, 6) is 1.95. The van der Waals surface area contributed by atoms with Crippen LogP contribution in [0.25, 0.3) is 0 Å². The highest BCUT2D eigenvalue weighted by molar-refractivity contribution is 9.09. The molecule has 1 aromatic carbocycles. The third kappa shape index (κ3) is 3.19. The second-order valence-electron chi connectivity index (χ2n) is 4.69. The minimum Gasteiger partial charge on any atom is -0.493 e. The van der Waals surface area contributed by atoms with Gasteiger partial charge in [0.15, 0.2) is 11.5 Å². The lowest BCUT2D eigenvalue weighted by Crippen LogP contribution is -1.99. The van der Waals surface area contributed by atoms with Gasteiger partial charge in [-0.1, -0.05) is 15.9 Å². The molecule has 0 spiro atoms. The Morgan fingerprint density at radius 1 is 0.952 bits per heavy atom. The summed E-state index contributed by atoms with van der Waals surface area (Å²) in [7, 11) is 4.87. The third-order valence-corrected chi connectivity index (χ3v) is 5.34. The molecule has 0 saturated heterocycles. The van der Waals surface area contributed by atoms with Crippen molar-refractivity contribution < 1.29 is 14.2 Å². The van der Waals surface area contributed by atoms with Gasteiger partial charge in [-0.3, -0.25) is 0 Å². The normalized spacial score (nSPS) is 12.1. The zero-order chi connectivity index (χ0) is 15.6. The van der Waals surface area contributed by atoms with Crippen LogP contribution in [0.2, 0.25) is 0 Å². The van der Waals surface area contributed by atoms with E-state index in [1.165, 1.54) is 15.3 Å². The Hall–Kier alpha value is -1.20. The summed E-state index contributed by atoms with van der Waals surface area (Å²) in [4.78, 5) is 2.71. The van der Waals surface area contributed by atoms with Crippen molar-refractivity contribution in [1.82, 2.24) is 0 Å². The van der Waals surface area contributed by atoms with Crippen molar-refractivity contribution in [1.29, 1.82) is 0 Å². The third-order valence-electron chi connectivity index (χ3n) is 3.33. The fourth-order valence-electron chi connectivity index (χ4n) is 2.33. The lowest BCUT2D eigenvalue weighted by molar-refractivity contribution is 0.324. The molecule has 0 radical (unpaired) electrons. The van der Waals surface area contributed by atoms with Crippen LogP contribution in [0.4, 0.5) is 0 Å². The average molecular weight is 371 g/mol. The van der Waals surface area contributed by atoms with Gasteiger partial charge < -0.3 is 14.2 Å². The maximum absolute atomic E-state index is 5.42. The van der Waals surface area contributed by atoms with Crippen molar-refractivity contribution in [3.8, 4) is 17.2 Å². The summed E-state index contributed by atoms with van der Waals surface area (Å²) in [6.07, 6.45) is 0. The Kier molecular flexibility index (Phi) is 5.17. The van der Waals surface area contributed by atoms with Gasteiger partial charge >= 0.3 is 0 Å². The van der Waals surface area contributed by atoms with Gasteiger partial charge in [0, 0.05) is 9.75 Å². The van der Waals surface area contributed by atoms with E-state index in [4.69, 9.17) is 14.2 Å². The molecule has 0 fully saturated rings. The summed E-state index contributed by atoms with van der Waals surface area (Å²) >= 11 is 5.59. The molecule has 114 valence electrons. The second-order valence-corrected chi connectivity index (χ2v) is 7.07. The van der Waals surface area contributed by atoms with Crippen LogP contribution in [0.5, 0.6) is 17.2 Å². The number of benzene rings is 1. The molecule has 0 aliphatic carbocycles. The van der Waals surface area contributed by atoms with E-state index in [0.717, 1.165) is 5.56 Å². The molecule has 0 aliphatic rings. The van der Waals surface area contributed by atoms with Gasteiger partial charge in [-0.2, -0.15) is 0 Å². The van der Waals surface area contributed by atoms with Crippen LogP contribution in [0.1, 0.15) is 25.7 Å². The van der Waals surface area contributed by atoms with Crippen LogP contribution in [0.3, 0.4) is 0 Å². The minimum absolute atomic E-state index is 0.0937. The SMILES string of the molecule is COc1cc(C(Br)c2cc(C)sc2C)cc(OC)c1OC. The van der Waals surface area contributed by atoms with E-state index >= 15 is 0 Å². The Balaban J connectivity index is 2.51. The number of hydrogen-bond donors (Lipinski definition) is 0. The first-order valence-electron chi connectivity index (χ1n) is 6.52. The Bertz CT molecular complexity index is 611. The maximum Gasteiger partial charge on any atom is 0.203 e. The summed E-state index contributed by atoms with van der Waals surface area (Å²) in [5.41, 5.74) is 2.34. The van der Waals surface area contributed by atoms with Gasteiger partial charge in [0.05, 0.1) is 26.2 Å². The fourth-order valence-corrected chi connectivity index (χ4v) is 4.18. The number of thiophene rings is 1. The molecule has 0 N–H and O–H groups in total. The highest BCUT2D eigenvalue weighted by Crippen LogP contribution is 2.44. The van der Waals surface area contributed by atoms with E-state index in [1.54, 1.807) is 32.7 Å². The van der Waals surface area contributed by atoms with Gasteiger partial charge in [0.2, 0.25) is 5.75 Å². The number of halogens is 1. The smallest absolute Gasteiger partial charge is 0.203 e. The summed E-state index contributed by atoms with van der Waals surface area (Å²) < 4.78 is 16.2. The van der Waals surface area contributed by atoms with Crippen LogP contribution in [-0.2, 0) is 0 Å². The molecule has 3 nitrogen and oxygen atoms in total. The van der Waals surface area contributed by atoms with E-state index < -0.39 is 0 Å². The summed E-state index contributed by atoms with van der Waals surface area (Å²) in [6.45, 7) is 4.26. The van der Waals surface area contributed by atoms with E-state index in [-0.39, 0.29) is 4.83 Å². The van der Waals surface area contributed by atoms with Crippen molar-refractivity contribution in [2.24, 2.45) is 0 Å². The predicted octanol–water partition coefficient (Wildman–Crippen LogP) is 4.88. The molecule has 2 aromatic rings. The van der Waals surface area contributed by atoms with Gasteiger partial charge in [-0.05, 0) is 43.2 Å². The predicted molar refractivity (Wildman–Crippen MR) is 90.7 cm³/mol. The van der Waals surface area contributed by atoms with Gasteiger partial charge in [-0.15, -0.1) is 11.3 Å². The highest BCUT2D eigenvalue weighted by Gasteiger charge is 2.20. The van der Waals surface area contributed by atoms with E-state index in [0.29, 0.717) is 17.2 Å². The van der Waals surface area contributed by atoms with Gasteiger partial charge in [0.1, 0.15) is 0 Å². The summed E-state index contributed by atoms with van der Waals surface area (Å²) in [5, 5.41) is 0. The van der Waals surface area contributed by atoms with Crippen LogP contribution in [0, 0.1) is 13.8 Å². The zero-order valence-electron chi connectivity index (χ0n) is 12.8. The lowest BCUT2D eigenvalue weighted by Gasteiger charge is -2.17. The van der Waals surface area contributed by atoms with Crippen molar-refractivity contribution in [2.75, 3.05) is 21.3 Å². The molecule has 0 amide bonds.